The lowest BCUT2D eigenvalue weighted by Crippen LogP contribution is -2.44. The molecular formula is C8H11ClN2O2. The van der Waals surface area contributed by atoms with Crippen LogP contribution in [0.4, 0.5) is 0 Å². The third-order valence-electron chi connectivity index (χ3n) is 1.83. The molecule has 0 radical (unpaired) electrons. The molecule has 0 fully saturated rings. The van der Waals surface area contributed by atoms with Gasteiger partial charge in [0.15, 0.2) is 0 Å². The van der Waals surface area contributed by atoms with Crippen molar-refractivity contribution in [2.24, 2.45) is 10.9 Å². The first-order valence-electron chi connectivity index (χ1n) is 4.17. The number of carbonyl (C=O) groups excluding carboxylic acids is 2. The molecule has 5 heteroatoms. The summed E-state index contributed by atoms with van der Waals surface area (Å²) >= 11 is 5.44. The summed E-state index contributed by atoms with van der Waals surface area (Å²) in [4.78, 5) is 26.2. The first kappa shape index (κ1) is 10.2. The zero-order valence-electron chi connectivity index (χ0n) is 7.34. The van der Waals surface area contributed by atoms with Crippen LogP contribution in [-0.4, -0.2) is 23.5 Å². The first-order valence-corrected chi connectivity index (χ1v) is 4.70. The molecule has 0 bridgehead atoms. The molecule has 0 spiro atoms. The maximum atomic E-state index is 11.3. The molecule has 1 heterocycles. The minimum Gasteiger partial charge on any atom is -0.312 e. The molecule has 2 amide bonds. The van der Waals surface area contributed by atoms with Crippen molar-refractivity contribution in [1.82, 2.24) is 5.32 Å². The minimum absolute atomic E-state index is 0.0658. The second-order valence-electron chi connectivity index (χ2n) is 2.86. The highest BCUT2D eigenvalue weighted by Crippen LogP contribution is 2.12. The zero-order chi connectivity index (χ0) is 9.84. The van der Waals surface area contributed by atoms with E-state index in [4.69, 9.17) is 11.6 Å². The molecule has 0 saturated carbocycles. The Bertz CT molecular complexity index is 263. The number of amidine groups is 1. The van der Waals surface area contributed by atoms with E-state index >= 15 is 0 Å². The molecule has 0 aliphatic carbocycles. The van der Waals surface area contributed by atoms with E-state index in [9.17, 15) is 9.59 Å². The van der Waals surface area contributed by atoms with Gasteiger partial charge in [-0.1, -0.05) is 13.3 Å². The monoisotopic (exact) mass is 202 g/mol. The van der Waals surface area contributed by atoms with Gasteiger partial charge < -0.3 is 5.32 Å². The summed E-state index contributed by atoms with van der Waals surface area (Å²) in [5, 5.41) is 2.49. The molecular weight excluding hydrogens is 192 g/mol. The summed E-state index contributed by atoms with van der Waals surface area (Å²) < 4.78 is 0. The number of nitrogens with one attached hydrogen (secondary N) is 1. The van der Waals surface area contributed by atoms with Gasteiger partial charge in [0.2, 0.25) is 5.91 Å². The van der Waals surface area contributed by atoms with E-state index in [2.05, 4.69) is 10.3 Å². The number of halogens is 1. The van der Waals surface area contributed by atoms with E-state index in [1.165, 1.54) is 0 Å². The van der Waals surface area contributed by atoms with Gasteiger partial charge in [0.05, 0.1) is 5.88 Å². The number of carbonyl (C=O) groups is 2. The van der Waals surface area contributed by atoms with Crippen molar-refractivity contribution in [3.8, 4) is 0 Å². The van der Waals surface area contributed by atoms with Crippen LogP contribution in [0.5, 0.6) is 0 Å². The summed E-state index contributed by atoms with van der Waals surface area (Å²) in [5.41, 5.74) is 0. The number of nitrogens with zero attached hydrogens (tertiary/aromatic N) is 1. The molecule has 13 heavy (non-hydrogen) atoms. The van der Waals surface area contributed by atoms with Crippen LogP contribution in [0, 0.1) is 5.92 Å². The Balaban J connectivity index is 2.76. The van der Waals surface area contributed by atoms with Gasteiger partial charge in [-0.15, -0.1) is 11.6 Å². The van der Waals surface area contributed by atoms with E-state index in [-0.39, 0.29) is 23.5 Å². The molecule has 0 saturated heterocycles. The number of rotatable bonds is 3. The number of alkyl halides is 1. The van der Waals surface area contributed by atoms with E-state index in [1.807, 2.05) is 6.92 Å². The predicted molar refractivity (Wildman–Crippen MR) is 49.7 cm³/mol. The van der Waals surface area contributed by atoms with Gasteiger partial charge in [-0.05, 0) is 6.42 Å². The maximum absolute atomic E-state index is 11.3. The summed E-state index contributed by atoms with van der Waals surface area (Å²) in [6.07, 6.45) is 1.33. The molecule has 0 aromatic heterocycles. The Morgan fingerprint density at radius 2 is 2.23 bits per heavy atom. The van der Waals surface area contributed by atoms with Crippen molar-refractivity contribution in [2.75, 3.05) is 5.88 Å². The summed E-state index contributed by atoms with van der Waals surface area (Å²) in [5.74, 6) is -0.948. The van der Waals surface area contributed by atoms with Gasteiger partial charge in [0, 0.05) is 0 Å². The van der Waals surface area contributed by atoms with Crippen LogP contribution in [0.25, 0.3) is 0 Å². The van der Waals surface area contributed by atoms with Crippen molar-refractivity contribution >= 4 is 29.3 Å². The second kappa shape index (κ2) is 4.37. The molecule has 1 aliphatic heterocycles. The van der Waals surface area contributed by atoms with Crippen LogP contribution in [0.1, 0.15) is 19.8 Å². The van der Waals surface area contributed by atoms with E-state index in [0.29, 0.717) is 6.42 Å². The highest BCUT2D eigenvalue weighted by atomic mass is 35.5. The predicted octanol–water partition coefficient (Wildman–Crippen LogP) is 0.696. The van der Waals surface area contributed by atoms with Crippen LogP contribution in [0.2, 0.25) is 0 Å². The smallest absolute Gasteiger partial charge is 0.259 e. The van der Waals surface area contributed by atoms with Crippen LogP contribution >= 0.6 is 11.6 Å². The number of aliphatic imine (C=N–C) groups is 1. The van der Waals surface area contributed by atoms with Gasteiger partial charge in [-0.25, -0.2) is 0 Å². The Labute approximate surface area is 81.4 Å². The zero-order valence-corrected chi connectivity index (χ0v) is 8.10. The summed E-state index contributed by atoms with van der Waals surface area (Å²) in [7, 11) is 0. The fraction of sp³-hybridized carbons (Fsp3) is 0.625. The lowest BCUT2D eigenvalue weighted by atomic mass is 10.0. The third-order valence-corrected chi connectivity index (χ3v) is 2.08. The van der Waals surface area contributed by atoms with E-state index in [1.54, 1.807) is 0 Å². The third kappa shape index (κ3) is 2.28. The Morgan fingerprint density at radius 1 is 1.54 bits per heavy atom. The largest absolute Gasteiger partial charge is 0.312 e. The van der Waals surface area contributed by atoms with Crippen molar-refractivity contribution in [3.05, 3.63) is 0 Å². The molecule has 0 aromatic carbocycles. The van der Waals surface area contributed by atoms with E-state index in [0.717, 1.165) is 6.42 Å². The number of hydrogen-bond acceptors (Lipinski definition) is 2. The highest BCUT2D eigenvalue weighted by molar-refractivity contribution is 6.32. The highest BCUT2D eigenvalue weighted by Gasteiger charge is 2.30. The average Bonchev–Trinajstić information content (AvgIpc) is 2.11. The number of amides is 2. The van der Waals surface area contributed by atoms with Crippen LogP contribution in [0.3, 0.4) is 0 Å². The molecule has 1 aliphatic rings. The minimum atomic E-state index is -0.614. The van der Waals surface area contributed by atoms with Crippen LogP contribution in [-0.2, 0) is 9.59 Å². The number of hydrogen-bond donors (Lipinski definition) is 1. The Morgan fingerprint density at radius 3 is 2.69 bits per heavy atom. The fourth-order valence-corrected chi connectivity index (χ4v) is 1.31. The quantitative estimate of drug-likeness (QED) is 0.541. The van der Waals surface area contributed by atoms with E-state index < -0.39 is 5.92 Å². The van der Waals surface area contributed by atoms with Crippen molar-refractivity contribution < 1.29 is 9.59 Å². The molecule has 0 aromatic rings. The van der Waals surface area contributed by atoms with Crippen LogP contribution in [0.15, 0.2) is 4.99 Å². The van der Waals surface area contributed by atoms with Gasteiger partial charge in [0.1, 0.15) is 11.8 Å². The lowest BCUT2D eigenvalue weighted by Gasteiger charge is -2.18. The first-order chi connectivity index (χ1) is 6.19. The summed E-state index contributed by atoms with van der Waals surface area (Å²) in [6.45, 7) is 1.92. The normalized spacial score (nSPS) is 22.6. The van der Waals surface area contributed by atoms with Crippen LogP contribution < -0.4 is 5.32 Å². The van der Waals surface area contributed by atoms with Gasteiger partial charge >= 0.3 is 0 Å². The molecule has 1 atom stereocenters. The molecule has 1 rings (SSSR count). The van der Waals surface area contributed by atoms with Gasteiger partial charge in [0.25, 0.3) is 5.91 Å². The topological polar surface area (TPSA) is 58.5 Å². The van der Waals surface area contributed by atoms with Crippen molar-refractivity contribution in [3.63, 3.8) is 0 Å². The molecule has 1 unspecified atom stereocenters. The van der Waals surface area contributed by atoms with Crippen molar-refractivity contribution in [2.45, 2.75) is 19.8 Å². The SMILES string of the molecule is CCCC1C(=O)N=C(CCl)NC1=O. The Hall–Kier alpha value is -0.900. The molecule has 4 nitrogen and oxygen atoms in total. The van der Waals surface area contributed by atoms with Gasteiger partial charge in [-0.2, -0.15) is 4.99 Å². The lowest BCUT2D eigenvalue weighted by molar-refractivity contribution is -0.133. The molecule has 72 valence electrons. The Kier molecular flexibility index (Phi) is 3.42. The van der Waals surface area contributed by atoms with Gasteiger partial charge in [-0.3, -0.25) is 9.59 Å². The second-order valence-corrected chi connectivity index (χ2v) is 3.13. The van der Waals surface area contributed by atoms with Crippen molar-refractivity contribution in [1.29, 1.82) is 0 Å². The molecule has 1 N–H and O–H groups in total. The average molecular weight is 203 g/mol. The fourth-order valence-electron chi connectivity index (χ4n) is 1.19. The standard InChI is InChI=1S/C8H11ClN2O2/c1-2-3-5-7(12)10-6(4-9)11-8(5)13/h5H,2-4H2,1H3,(H,10,11,12,13). The summed E-state index contributed by atoms with van der Waals surface area (Å²) in [6, 6.07) is 0. The maximum Gasteiger partial charge on any atom is 0.259 e.